The van der Waals surface area contributed by atoms with Gasteiger partial charge in [0.1, 0.15) is 10.7 Å². The van der Waals surface area contributed by atoms with Crippen LogP contribution in [0.25, 0.3) is 10.2 Å². The highest BCUT2D eigenvalue weighted by Crippen LogP contribution is 2.31. The molecular weight excluding hydrogens is 597 g/mol. The summed E-state index contributed by atoms with van der Waals surface area (Å²) in [5.41, 5.74) is 1.35. The minimum atomic E-state index is -3.92. The van der Waals surface area contributed by atoms with Crippen molar-refractivity contribution in [3.05, 3.63) is 118 Å². The number of thiazole rings is 1. The first-order chi connectivity index (χ1) is 20.5. The molecule has 0 spiro atoms. The molecular formula is C29H24FN5O6S2. The van der Waals surface area contributed by atoms with Crippen molar-refractivity contribution in [1.29, 1.82) is 0 Å². The Bertz CT molecular complexity index is 1920. The van der Waals surface area contributed by atoms with E-state index in [2.05, 4.69) is 10.1 Å². The molecule has 2 aromatic heterocycles. The predicted molar refractivity (Wildman–Crippen MR) is 160 cm³/mol. The third-order valence-electron chi connectivity index (χ3n) is 6.27. The number of halogens is 1. The van der Waals surface area contributed by atoms with Crippen molar-refractivity contribution < 1.29 is 26.9 Å². The number of hydrazone groups is 1. The van der Waals surface area contributed by atoms with Gasteiger partial charge >= 0.3 is 5.88 Å². The van der Waals surface area contributed by atoms with E-state index in [4.69, 9.17) is 4.42 Å². The van der Waals surface area contributed by atoms with E-state index in [0.717, 1.165) is 34.2 Å². The molecule has 0 saturated heterocycles. The Kier molecular flexibility index (Phi) is 8.43. The minimum absolute atomic E-state index is 0.00193. The molecule has 0 bridgehead atoms. The lowest BCUT2D eigenvalue weighted by molar-refractivity contribution is -0.402. The van der Waals surface area contributed by atoms with Gasteiger partial charge < -0.3 is 4.42 Å². The Morgan fingerprint density at radius 2 is 1.81 bits per heavy atom. The molecule has 3 aromatic carbocycles. The fourth-order valence-corrected chi connectivity index (χ4v) is 6.70. The topological polar surface area (TPSA) is 139 Å². The second kappa shape index (κ2) is 12.2. The van der Waals surface area contributed by atoms with E-state index in [1.54, 1.807) is 13.8 Å². The summed E-state index contributed by atoms with van der Waals surface area (Å²) in [6.07, 6.45) is 1.11. The van der Waals surface area contributed by atoms with Crippen LogP contribution in [0.2, 0.25) is 0 Å². The minimum Gasteiger partial charge on any atom is -0.400 e. The van der Waals surface area contributed by atoms with Crippen LogP contribution < -0.4 is 5.01 Å². The van der Waals surface area contributed by atoms with Crippen LogP contribution in [0.4, 0.5) is 15.4 Å². The highest BCUT2D eigenvalue weighted by molar-refractivity contribution is 7.89. The Balaban J connectivity index is 1.47. The molecule has 0 N–H and O–H groups in total. The fraction of sp³-hybridized carbons (Fsp3) is 0.138. The van der Waals surface area contributed by atoms with Crippen LogP contribution >= 0.6 is 11.3 Å². The van der Waals surface area contributed by atoms with E-state index in [1.807, 2.05) is 30.3 Å². The fourth-order valence-electron chi connectivity index (χ4n) is 4.13. The second-order valence-corrected chi connectivity index (χ2v) is 12.5. The molecule has 0 fully saturated rings. The van der Waals surface area contributed by atoms with Crippen LogP contribution in [0, 0.1) is 15.9 Å². The third-order valence-corrected chi connectivity index (χ3v) is 9.30. The Labute approximate surface area is 249 Å². The number of nitrogens with zero attached hydrogens (tertiary/aromatic N) is 5. The molecule has 0 atom stereocenters. The van der Waals surface area contributed by atoms with Gasteiger partial charge in [-0.3, -0.25) is 14.9 Å². The molecule has 11 nitrogen and oxygen atoms in total. The van der Waals surface area contributed by atoms with E-state index in [1.165, 1.54) is 52.8 Å². The van der Waals surface area contributed by atoms with Crippen molar-refractivity contribution in [2.24, 2.45) is 5.10 Å². The first kappa shape index (κ1) is 29.7. The molecule has 5 aromatic rings. The van der Waals surface area contributed by atoms with Gasteiger partial charge in [0.2, 0.25) is 15.2 Å². The number of nitro groups is 1. The quantitative estimate of drug-likeness (QED) is 0.103. The summed E-state index contributed by atoms with van der Waals surface area (Å²) in [5, 5.41) is 16.2. The highest BCUT2D eigenvalue weighted by Gasteiger charge is 2.28. The number of hydrogen-bond donors (Lipinski definition) is 0. The molecule has 0 radical (unpaired) electrons. The number of benzene rings is 3. The van der Waals surface area contributed by atoms with Gasteiger partial charge in [0.15, 0.2) is 5.76 Å². The molecule has 1 amide bonds. The van der Waals surface area contributed by atoms with Gasteiger partial charge in [-0.15, -0.1) is 0 Å². The SMILES string of the molecule is CC(C)N(Cc1ccccc1)S(=O)(=O)c1ccc(C(=O)N(/N=C/c2ccc([N+](=O)[O-])o2)c2nc3ccc(F)cc3s2)cc1. The Morgan fingerprint density at radius 1 is 1.09 bits per heavy atom. The first-order valence-electron chi connectivity index (χ1n) is 12.9. The standard InChI is InChI=1S/C29H24FN5O6S2/c1-19(2)33(18-20-6-4-3-5-7-20)43(39,40)24-12-8-21(9-13-24)28(36)34(31-17-23-11-15-27(41-23)35(37)38)29-32-25-14-10-22(30)16-26(25)42-29/h3-17,19H,18H2,1-2H3/b31-17+. The number of sulfonamides is 1. The van der Waals surface area contributed by atoms with Gasteiger partial charge in [-0.05, 0) is 67.9 Å². The number of anilines is 1. The van der Waals surface area contributed by atoms with Crippen molar-refractivity contribution in [2.45, 2.75) is 31.3 Å². The number of carbonyl (C=O) groups is 1. The number of carbonyl (C=O) groups excluding carboxylic acids is 1. The number of aromatic nitrogens is 1. The average Bonchev–Trinajstić information content (AvgIpc) is 3.63. The van der Waals surface area contributed by atoms with E-state index in [9.17, 15) is 27.7 Å². The zero-order chi connectivity index (χ0) is 30.7. The summed E-state index contributed by atoms with van der Waals surface area (Å²) < 4.78 is 47.9. The van der Waals surface area contributed by atoms with Crippen molar-refractivity contribution in [2.75, 3.05) is 5.01 Å². The van der Waals surface area contributed by atoms with E-state index < -0.39 is 32.6 Å². The largest absolute Gasteiger partial charge is 0.433 e. The Hall–Kier alpha value is -4.79. The van der Waals surface area contributed by atoms with Crippen molar-refractivity contribution in [1.82, 2.24) is 9.29 Å². The molecule has 2 heterocycles. The Morgan fingerprint density at radius 3 is 2.47 bits per heavy atom. The van der Waals surface area contributed by atoms with Gasteiger partial charge in [0.05, 0.1) is 27.4 Å². The molecule has 14 heteroatoms. The number of furan rings is 1. The molecule has 0 saturated carbocycles. The maximum absolute atomic E-state index is 13.8. The van der Waals surface area contributed by atoms with Crippen molar-refractivity contribution in [3.63, 3.8) is 0 Å². The normalized spacial score (nSPS) is 12.0. The van der Waals surface area contributed by atoms with Crippen molar-refractivity contribution in [3.8, 4) is 0 Å². The number of amides is 1. The van der Waals surface area contributed by atoms with Gasteiger partial charge in [0, 0.05) is 18.2 Å². The first-order valence-corrected chi connectivity index (χ1v) is 15.1. The molecule has 220 valence electrons. The lowest BCUT2D eigenvalue weighted by atomic mass is 10.2. The zero-order valence-electron chi connectivity index (χ0n) is 22.8. The molecule has 0 aliphatic heterocycles. The summed E-state index contributed by atoms with van der Waals surface area (Å²) >= 11 is 1.00. The second-order valence-electron chi connectivity index (χ2n) is 9.56. The van der Waals surface area contributed by atoms with Crippen LogP contribution in [0.1, 0.15) is 35.5 Å². The van der Waals surface area contributed by atoms with Crippen LogP contribution in [-0.2, 0) is 16.6 Å². The molecule has 5 rings (SSSR count). The lowest BCUT2D eigenvalue weighted by Crippen LogP contribution is -2.36. The van der Waals surface area contributed by atoms with Gasteiger partial charge in [-0.1, -0.05) is 41.7 Å². The van der Waals surface area contributed by atoms with E-state index in [0.29, 0.717) is 10.2 Å². The summed E-state index contributed by atoms with van der Waals surface area (Å²) in [5.74, 6) is -1.66. The number of hydrogen-bond acceptors (Lipinski definition) is 9. The maximum atomic E-state index is 13.8. The van der Waals surface area contributed by atoms with Gasteiger partial charge in [-0.2, -0.15) is 14.4 Å². The van der Waals surface area contributed by atoms with Crippen LogP contribution in [0.15, 0.2) is 99.3 Å². The molecule has 0 aliphatic rings. The van der Waals surface area contributed by atoms with E-state index in [-0.39, 0.29) is 33.9 Å². The summed E-state index contributed by atoms with van der Waals surface area (Å²) in [4.78, 5) is 28.3. The smallest absolute Gasteiger partial charge is 0.400 e. The van der Waals surface area contributed by atoms with Crippen LogP contribution in [0.3, 0.4) is 0 Å². The van der Waals surface area contributed by atoms with Crippen molar-refractivity contribution >= 4 is 54.7 Å². The lowest BCUT2D eigenvalue weighted by Gasteiger charge is -2.26. The number of rotatable bonds is 10. The van der Waals surface area contributed by atoms with Gasteiger partial charge in [-0.25, -0.2) is 17.8 Å². The highest BCUT2D eigenvalue weighted by atomic mass is 32.2. The van der Waals surface area contributed by atoms with Crippen LogP contribution in [0.5, 0.6) is 0 Å². The molecule has 0 unspecified atom stereocenters. The maximum Gasteiger partial charge on any atom is 0.433 e. The summed E-state index contributed by atoms with van der Waals surface area (Å²) in [6, 6.07) is 20.7. The average molecular weight is 622 g/mol. The zero-order valence-corrected chi connectivity index (χ0v) is 24.5. The third kappa shape index (κ3) is 6.51. The van der Waals surface area contributed by atoms with Gasteiger partial charge in [0.25, 0.3) is 5.91 Å². The molecule has 0 aliphatic carbocycles. The summed E-state index contributed by atoms with van der Waals surface area (Å²) in [7, 11) is -3.92. The predicted octanol–water partition coefficient (Wildman–Crippen LogP) is 6.22. The van der Waals surface area contributed by atoms with E-state index >= 15 is 0 Å². The number of fused-ring (bicyclic) bond motifs is 1. The molecule has 43 heavy (non-hydrogen) atoms. The van der Waals surface area contributed by atoms with Crippen LogP contribution in [-0.4, -0.2) is 40.8 Å². The summed E-state index contributed by atoms with van der Waals surface area (Å²) in [6.45, 7) is 3.74. The monoisotopic (exact) mass is 621 g/mol.